The van der Waals surface area contributed by atoms with Gasteiger partial charge in [-0.05, 0) is 42.0 Å². The van der Waals surface area contributed by atoms with Crippen LogP contribution in [0.4, 0.5) is 5.13 Å². The highest BCUT2D eigenvalue weighted by molar-refractivity contribution is 7.22. The standard InChI is InChI=1S/C23H16N4O4S/c1-31-15-4-5-16-17(11-15)32-23(26-16)27-19(14-3-2-8-25-12-14)18(21(29)22(27)30)20(28)13-6-9-24-10-7-13/h2-12,19,28H,1H3/b20-18+. The number of carbonyl (C=O) groups excluding carboxylic acids is 2. The normalized spacial score (nSPS) is 17.8. The van der Waals surface area contributed by atoms with E-state index in [1.165, 1.54) is 28.6 Å². The summed E-state index contributed by atoms with van der Waals surface area (Å²) in [4.78, 5) is 40.3. The number of carbonyl (C=O) groups is 2. The maximum atomic E-state index is 13.2. The Balaban J connectivity index is 1.71. The van der Waals surface area contributed by atoms with Gasteiger partial charge in [-0.15, -0.1) is 0 Å². The van der Waals surface area contributed by atoms with Gasteiger partial charge >= 0.3 is 5.91 Å². The molecule has 1 saturated heterocycles. The second-order valence-electron chi connectivity index (χ2n) is 7.02. The lowest BCUT2D eigenvalue weighted by Gasteiger charge is -2.22. The average Bonchev–Trinajstić information content (AvgIpc) is 3.37. The first-order chi connectivity index (χ1) is 15.6. The second-order valence-corrected chi connectivity index (χ2v) is 8.03. The zero-order chi connectivity index (χ0) is 22.2. The van der Waals surface area contributed by atoms with Gasteiger partial charge in [0.2, 0.25) is 0 Å². The van der Waals surface area contributed by atoms with E-state index in [1.807, 2.05) is 6.07 Å². The summed E-state index contributed by atoms with van der Waals surface area (Å²) in [5.41, 5.74) is 1.62. The maximum Gasteiger partial charge on any atom is 0.301 e. The van der Waals surface area contributed by atoms with Crippen LogP contribution in [0.1, 0.15) is 17.2 Å². The Morgan fingerprint density at radius 1 is 1.09 bits per heavy atom. The monoisotopic (exact) mass is 444 g/mol. The van der Waals surface area contributed by atoms with Crippen LogP contribution < -0.4 is 9.64 Å². The minimum atomic E-state index is -0.876. The molecule has 0 bridgehead atoms. The van der Waals surface area contributed by atoms with Crippen molar-refractivity contribution in [3.05, 3.63) is 84.0 Å². The lowest BCUT2D eigenvalue weighted by molar-refractivity contribution is -0.132. The summed E-state index contributed by atoms with van der Waals surface area (Å²) in [6.07, 6.45) is 6.18. The topological polar surface area (TPSA) is 106 Å². The number of fused-ring (bicyclic) bond motifs is 1. The third kappa shape index (κ3) is 3.19. The summed E-state index contributed by atoms with van der Waals surface area (Å²) in [5, 5.41) is 11.4. The number of nitrogens with zero attached hydrogens (tertiary/aromatic N) is 4. The van der Waals surface area contributed by atoms with Crippen molar-refractivity contribution in [3.63, 3.8) is 0 Å². The molecule has 0 radical (unpaired) electrons. The zero-order valence-corrected chi connectivity index (χ0v) is 17.6. The molecule has 1 aliphatic heterocycles. The molecule has 1 aliphatic rings. The number of amides is 1. The number of thiazole rings is 1. The Morgan fingerprint density at radius 2 is 1.91 bits per heavy atom. The molecule has 1 unspecified atom stereocenters. The van der Waals surface area contributed by atoms with Crippen LogP contribution in [0.15, 0.2) is 72.8 Å². The molecule has 1 fully saturated rings. The smallest absolute Gasteiger partial charge is 0.301 e. The van der Waals surface area contributed by atoms with Crippen LogP contribution in [0.3, 0.4) is 0 Å². The van der Waals surface area contributed by atoms with Gasteiger partial charge in [-0.1, -0.05) is 17.4 Å². The number of aromatic nitrogens is 3. The number of pyridine rings is 2. The van der Waals surface area contributed by atoms with E-state index in [9.17, 15) is 14.7 Å². The molecule has 32 heavy (non-hydrogen) atoms. The number of aliphatic hydroxyl groups is 1. The molecule has 1 N–H and O–H groups in total. The Bertz CT molecular complexity index is 1370. The van der Waals surface area contributed by atoms with Gasteiger partial charge in [0.25, 0.3) is 5.78 Å². The number of hydrogen-bond donors (Lipinski definition) is 1. The first-order valence-corrected chi connectivity index (χ1v) is 10.5. The molecule has 9 heteroatoms. The van der Waals surface area contributed by atoms with E-state index in [0.29, 0.717) is 27.5 Å². The Labute approximate surface area is 186 Å². The lowest BCUT2D eigenvalue weighted by atomic mass is 9.97. The van der Waals surface area contributed by atoms with E-state index in [2.05, 4.69) is 15.0 Å². The molecule has 8 nitrogen and oxygen atoms in total. The van der Waals surface area contributed by atoms with Gasteiger partial charge in [0.15, 0.2) is 5.13 Å². The lowest BCUT2D eigenvalue weighted by Crippen LogP contribution is -2.29. The molecule has 4 aromatic rings. The number of rotatable bonds is 4. The summed E-state index contributed by atoms with van der Waals surface area (Å²) < 4.78 is 6.08. The molecule has 1 aromatic carbocycles. The fourth-order valence-electron chi connectivity index (χ4n) is 3.67. The summed E-state index contributed by atoms with van der Waals surface area (Å²) in [5.74, 6) is -1.16. The Kier molecular flexibility index (Phi) is 4.87. The highest BCUT2D eigenvalue weighted by Crippen LogP contribution is 2.44. The van der Waals surface area contributed by atoms with Gasteiger partial charge in [-0.25, -0.2) is 4.98 Å². The van der Waals surface area contributed by atoms with Gasteiger partial charge in [0.05, 0.1) is 28.9 Å². The molecular weight excluding hydrogens is 428 g/mol. The van der Waals surface area contributed by atoms with Crippen LogP contribution >= 0.6 is 11.3 Å². The minimum Gasteiger partial charge on any atom is -0.507 e. The van der Waals surface area contributed by atoms with Crippen molar-refractivity contribution in [2.45, 2.75) is 6.04 Å². The fraction of sp³-hybridized carbons (Fsp3) is 0.0870. The number of anilines is 1. The molecule has 5 rings (SSSR count). The largest absolute Gasteiger partial charge is 0.507 e. The highest BCUT2D eigenvalue weighted by Gasteiger charge is 2.48. The van der Waals surface area contributed by atoms with Crippen molar-refractivity contribution in [1.29, 1.82) is 0 Å². The minimum absolute atomic E-state index is 0.0222. The molecule has 0 spiro atoms. The second kappa shape index (κ2) is 7.86. The van der Waals surface area contributed by atoms with E-state index >= 15 is 0 Å². The first kappa shape index (κ1) is 19.8. The van der Waals surface area contributed by atoms with E-state index in [-0.39, 0.29) is 11.3 Å². The van der Waals surface area contributed by atoms with E-state index in [0.717, 1.165) is 4.70 Å². The summed E-state index contributed by atoms with van der Waals surface area (Å²) in [6.45, 7) is 0. The van der Waals surface area contributed by atoms with E-state index in [1.54, 1.807) is 55.9 Å². The number of ether oxygens (including phenoxy) is 1. The van der Waals surface area contributed by atoms with Crippen LogP contribution in [0.2, 0.25) is 0 Å². The predicted octanol–water partition coefficient (Wildman–Crippen LogP) is 3.72. The molecule has 0 aliphatic carbocycles. The number of aliphatic hydroxyl groups excluding tert-OH is 1. The summed E-state index contributed by atoms with van der Waals surface area (Å²) in [6, 6.07) is 11.1. The average molecular weight is 444 g/mol. The van der Waals surface area contributed by atoms with Crippen LogP contribution in [0, 0.1) is 0 Å². The van der Waals surface area contributed by atoms with Gasteiger partial charge in [-0.2, -0.15) is 0 Å². The van der Waals surface area contributed by atoms with Crippen molar-refractivity contribution in [3.8, 4) is 5.75 Å². The van der Waals surface area contributed by atoms with Crippen molar-refractivity contribution >= 4 is 44.1 Å². The highest BCUT2D eigenvalue weighted by atomic mass is 32.1. The van der Waals surface area contributed by atoms with Gasteiger partial charge < -0.3 is 9.84 Å². The van der Waals surface area contributed by atoms with Crippen molar-refractivity contribution < 1.29 is 19.4 Å². The third-order valence-corrected chi connectivity index (χ3v) is 6.21. The molecule has 3 aromatic heterocycles. The van der Waals surface area contributed by atoms with Crippen molar-refractivity contribution in [1.82, 2.24) is 15.0 Å². The third-order valence-electron chi connectivity index (χ3n) is 5.19. The molecule has 4 heterocycles. The number of methoxy groups -OCH3 is 1. The van der Waals surface area contributed by atoms with Gasteiger partial charge in [0.1, 0.15) is 11.5 Å². The number of hydrogen-bond acceptors (Lipinski definition) is 8. The molecular formula is C23H16N4O4S. The molecule has 1 atom stereocenters. The van der Waals surface area contributed by atoms with Crippen molar-refractivity contribution in [2.24, 2.45) is 0 Å². The predicted molar refractivity (Wildman–Crippen MR) is 119 cm³/mol. The van der Waals surface area contributed by atoms with E-state index < -0.39 is 17.7 Å². The summed E-state index contributed by atoms with van der Waals surface area (Å²) >= 11 is 1.26. The quantitative estimate of drug-likeness (QED) is 0.290. The molecule has 0 saturated carbocycles. The van der Waals surface area contributed by atoms with Crippen LogP contribution in [0.5, 0.6) is 5.75 Å². The van der Waals surface area contributed by atoms with Crippen LogP contribution in [-0.2, 0) is 9.59 Å². The Morgan fingerprint density at radius 3 is 2.62 bits per heavy atom. The fourth-order valence-corrected chi connectivity index (χ4v) is 4.69. The number of Topliss-reactive ketones (excluding diaryl/α,β-unsaturated/α-hetero) is 1. The van der Waals surface area contributed by atoms with Crippen LogP contribution in [-0.4, -0.2) is 38.9 Å². The number of benzene rings is 1. The Hall–Kier alpha value is -4.11. The van der Waals surface area contributed by atoms with Gasteiger partial charge in [0, 0.05) is 30.4 Å². The SMILES string of the molecule is COc1ccc2nc(N3C(=O)C(=O)/C(=C(/O)c4ccncc4)C3c3cccnc3)sc2c1. The van der Waals surface area contributed by atoms with E-state index in [4.69, 9.17) is 4.74 Å². The molecule has 1 amide bonds. The van der Waals surface area contributed by atoms with Gasteiger partial charge in [-0.3, -0.25) is 24.5 Å². The summed E-state index contributed by atoms with van der Waals surface area (Å²) in [7, 11) is 1.57. The van der Waals surface area contributed by atoms with Crippen molar-refractivity contribution in [2.75, 3.05) is 12.0 Å². The maximum absolute atomic E-state index is 13.2. The zero-order valence-electron chi connectivity index (χ0n) is 16.8. The van der Waals surface area contributed by atoms with Crippen LogP contribution in [0.25, 0.3) is 16.0 Å². The molecule has 158 valence electrons. The first-order valence-electron chi connectivity index (χ1n) is 9.64. The number of ketones is 1.